The van der Waals surface area contributed by atoms with Gasteiger partial charge in [-0.3, -0.25) is 4.90 Å². The van der Waals surface area contributed by atoms with Crippen LogP contribution in [0.5, 0.6) is 0 Å². The first-order valence-electron chi connectivity index (χ1n) is 5.38. The molecule has 0 amide bonds. The summed E-state index contributed by atoms with van der Waals surface area (Å²) in [5.74, 6) is 0.736. The minimum atomic E-state index is -0.357. The largest absolute Gasteiger partial charge is 0.389 e. The molecule has 0 aromatic rings. The molecule has 0 saturated carbocycles. The highest BCUT2D eigenvalue weighted by atomic mass is 16.5. The molecule has 1 rings (SSSR count). The van der Waals surface area contributed by atoms with Gasteiger partial charge in [-0.2, -0.15) is 0 Å². The Bertz CT molecular complexity index is 182. The summed E-state index contributed by atoms with van der Waals surface area (Å²) >= 11 is 0. The fraction of sp³-hybridized carbons (Fsp3) is 1.00. The summed E-state index contributed by atoms with van der Waals surface area (Å²) in [5.41, 5.74) is 0.230. The second-order valence-electron chi connectivity index (χ2n) is 5.14. The quantitative estimate of drug-likeness (QED) is 0.739. The first-order chi connectivity index (χ1) is 6.45. The van der Waals surface area contributed by atoms with Gasteiger partial charge < -0.3 is 9.84 Å². The topological polar surface area (TPSA) is 32.7 Å². The third-order valence-electron chi connectivity index (χ3n) is 3.03. The van der Waals surface area contributed by atoms with E-state index in [9.17, 15) is 5.11 Å². The number of aliphatic hydroxyl groups is 1. The Morgan fingerprint density at radius 3 is 2.64 bits per heavy atom. The summed E-state index contributed by atoms with van der Waals surface area (Å²) in [6.45, 7) is 9.01. The maximum Gasteiger partial charge on any atom is 0.0900 e. The molecule has 1 aliphatic heterocycles. The maximum atomic E-state index is 9.66. The van der Waals surface area contributed by atoms with E-state index < -0.39 is 0 Å². The van der Waals surface area contributed by atoms with Crippen molar-refractivity contribution in [1.29, 1.82) is 0 Å². The van der Waals surface area contributed by atoms with Crippen molar-refractivity contribution in [2.24, 2.45) is 5.92 Å². The summed E-state index contributed by atoms with van der Waals surface area (Å²) < 4.78 is 4.93. The number of likely N-dealkylation sites (tertiary alicyclic amines) is 1. The Labute approximate surface area is 87.1 Å². The molecule has 14 heavy (non-hydrogen) atoms. The van der Waals surface area contributed by atoms with E-state index in [-0.39, 0.29) is 11.6 Å². The molecule has 1 fully saturated rings. The number of hydrogen-bond acceptors (Lipinski definition) is 3. The lowest BCUT2D eigenvalue weighted by Gasteiger charge is -2.32. The molecule has 0 radical (unpaired) electrons. The predicted molar refractivity (Wildman–Crippen MR) is 57.3 cm³/mol. The monoisotopic (exact) mass is 201 g/mol. The van der Waals surface area contributed by atoms with Gasteiger partial charge in [0.05, 0.1) is 12.7 Å². The molecular formula is C11H23NO2. The molecule has 2 atom stereocenters. The molecule has 3 nitrogen and oxygen atoms in total. The molecule has 3 heteroatoms. The second-order valence-corrected chi connectivity index (χ2v) is 5.14. The van der Waals surface area contributed by atoms with Crippen LogP contribution in [0.15, 0.2) is 0 Å². The van der Waals surface area contributed by atoms with Gasteiger partial charge in [0.2, 0.25) is 0 Å². The van der Waals surface area contributed by atoms with Crippen LogP contribution in [0.2, 0.25) is 0 Å². The predicted octanol–water partition coefficient (Wildman–Crippen LogP) is 1.11. The molecule has 1 N–H and O–H groups in total. The van der Waals surface area contributed by atoms with Crippen molar-refractivity contribution in [2.75, 3.05) is 26.8 Å². The lowest BCUT2D eigenvalue weighted by molar-refractivity contribution is 0.0223. The number of β-amino-alcohol motifs (C(OH)–C–C–N with tert-alkyl or cyclic N) is 1. The number of ether oxygens (including phenoxy) is 1. The molecular weight excluding hydrogens is 178 g/mol. The van der Waals surface area contributed by atoms with E-state index >= 15 is 0 Å². The highest BCUT2D eigenvalue weighted by Crippen LogP contribution is 2.32. The fourth-order valence-electron chi connectivity index (χ4n) is 2.49. The van der Waals surface area contributed by atoms with Crippen molar-refractivity contribution in [1.82, 2.24) is 4.90 Å². The Hall–Kier alpha value is -0.120. The van der Waals surface area contributed by atoms with Crippen molar-refractivity contribution in [2.45, 2.75) is 38.8 Å². The van der Waals surface area contributed by atoms with Crippen molar-refractivity contribution in [3.8, 4) is 0 Å². The van der Waals surface area contributed by atoms with Crippen molar-refractivity contribution >= 4 is 0 Å². The fourth-order valence-corrected chi connectivity index (χ4v) is 2.49. The number of aliphatic hydroxyl groups excluding tert-OH is 1. The van der Waals surface area contributed by atoms with Crippen LogP contribution in [0.3, 0.4) is 0 Å². The van der Waals surface area contributed by atoms with Crippen LogP contribution in [0.25, 0.3) is 0 Å². The van der Waals surface area contributed by atoms with E-state index in [0.717, 1.165) is 19.0 Å². The summed E-state index contributed by atoms with van der Waals surface area (Å²) in [6.07, 6.45) is 0.858. The highest BCUT2D eigenvalue weighted by molar-refractivity contribution is 4.91. The second kappa shape index (κ2) is 4.60. The minimum Gasteiger partial charge on any atom is -0.389 e. The van der Waals surface area contributed by atoms with Crippen molar-refractivity contribution in [3.05, 3.63) is 0 Å². The van der Waals surface area contributed by atoms with E-state index in [0.29, 0.717) is 6.61 Å². The number of rotatable bonds is 4. The van der Waals surface area contributed by atoms with Gasteiger partial charge in [-0.05, 0) is 26.2 Å². The molecule has 1 saturated heterocycles. The van der Waals surface area contributed by atoms with Crippen LogP contribution >= 0.6 is 0 Å². The lowest BCUT2D eigenvalue weighted by atomic mass is 9.97. The number of hydrogen-bond donors (Lipinski definition) is 1. The zero-order valence-electron chi connectivity index (χ0n) is 9.79. The molecule has 1 aliphatic rings. The van der Waals surface area contributed by atoms with Crippen molar-refractivity contribution < 1.29 is 9.84 Å². The summed E-state index contributed by atoms with van der Waals surface area (Å²) in [5, 5.41) is 9.66. The van der Waals surface area contributed by atoms with Crippen LogP contribution in [0, 0.1) is 5.92 Å². The number of nitrogens with zero attached hydrogens (tertiary/aromatic N) is 1. The van der Waals surface area contributed by atoms with Gasteiger partial charge in [-0.15, -0.1) is 0 Å². The van der Waals surface area contributed by atoms with Crippen LogP contribution < -0.4 is 0 Å². The normalized spacial score (nSPS) is 29.4. The average molecular weight is 201 g/mol. The van der Waals surface area contributed by atoms with Gasteiger partial charge in [-0.25, -0.2) is 0 Å². The Kier molecular flexibility index (Phi) is 3.93. The third kappa shape index (κ3) is 2.94. The van der Waals surface area contributed by atoms with E-state index in [4.69, 9.17) is 4.74 Å². The van der Waals surface area contributed by atoms with Gasteiger partial charge in [0.15, 0.2) is 0 Å². The van der Waals surface area contributed by atoms with Gasteiger partial charge in [0.25, 0.3) is 0 Å². The first-order valence-corrected chi connectivity index (χ1v) is 5.38. The maximum absolute atomic E-state index is 9.66. The molecule has 84 valence electrons. The summed E-state index contributed by atoms with van der Waals surface area (Å²) in [4.78, 5) is 2.36. The molecule has 0 aliphatic carbocycles. The highest BCUT2D eigenvalue weighted by Gasteiger charge is 2.36. The standard InChI is InChI=1S/C11H23NO2/c1-9-5-11(2,3)12(6-9)7-10(13)8-14-4/h9-10,13H,5-8H2,1-4H3. The SMILES string of the molecule is COCC(O)CN1CC(C)CC1(C)C. The van der Waals surface area contributed by atoms with Crippen LogP contribution in [0.4, 0.5) is 0 Å². The summed E-state index contributed by atoms with van der Waals surface area (Å²) in [7, 11) is 1.63. The van der Waals surface area contributed by atoms with Crippen LogP contribution in [-0.2, 0) is 4.74 Å². The summed E-state index contributed by atoms with van der Waals surface area (Å²) in [6, 6.07) is 0. The van der Waals surface area contributed by atoms with E-state index in [1.807, 2.05) is 0 Å². The smallest absolute Gasteiger partial charge is 0.0900 e. The average Bonchev–Trinajstić information content (AvgIpc) is 2.25. The van der Waals surface area contributed by atoms with Crippen molar-refractivity contribution in [3.63, 3.8) is 0 Å². The van der Waals surface area contributed by atoms with Crippen LogP contribution in [0.1, 0.15) is 27.2 Å². The zero-order valence-corrected chi connectivity index (χ0v) is 9.79. The molecule has 0 bridgehead atoms. The number of methoxy groups -OCH3 is 1. The third-order valence-corrected chi connectivity index (χ3v) is 3.03. The van der Waals surface area contributed by atoms with Crippen LogP contribution in [-0.4, -0.2) is 48.5 Å². The Morgan fingerprint density at radius 1 is 1.57 bits per heavy atom. The molecule has 0 aromatic heterocycles. The zero-order chi connectivity index (χ0) is 10.8. The molecule has 1 heterocycles. The van der Waals surface area contributed by atoms with Gasteiger partial charge in [0.1, 0.15) is 0 Å². The van der Waals surface area contributed by atoms with E-state index in [1.54, 1.807) is 7.11 Å². The Balaban J connectivity index is 2.44. The van der Waals surface area contributed by atoms with E-state index in [2.05, 4.69) is 25.7 Å². The van der Waals surface area contributed by atoms with Gasteiger partial charge in [-0.1, -0.05) is 6.92 Å². The molecule has 0 aromatic carbocycles. The lowest BCUT2D eigenvalue weighted by Crippen LogP contribution is -2.43. The molecule has 2 unspecified atom stereocenters. The Morgan fingerprint density at radius 2 is 2.21 bits per heavy atom. The first kappa shape index (κ1) is 12.0. The van der Waals surface area contributed by atoms with Gasteiger partial charge in [0, 0.05) is 25.7 Å². The molecule has 0 spiro atoms. The van der Waals surface area contributed by atoms with Gasteiger partial charge >= 0.3 is 0 Å². The van der Waals surface area contributed by atoms with E-state index in [1.165, 1.54) is 6.42 Å². The minimum absolute atomic E-state index is 0.230.